The zero-order valence-electron chi connectivity index (χ0n) is 19.4. The van der Waals surface area contributed by atoms with Crippen molar-refractivity contribution in [3.05, 3.63) is 90.8 Å². The molecule has 0 unspecified atom stereocenters. The van der Waals surface area contributed by atoms with Gasteiger partial charge >= 0.3 is 18.1 Å². The Hall–Kier alpha value is -3.98. The lowest BCUT2D eigenvalue weighted by atomic mass is 9.95. The highest BCUT2D eigenvalue weighted by Crippen LogP contribution is 2.48. The van der Waals surface area contributed by atoms with Crippen molar-refractivity contribution in [1.82, 2.24) is 0 Å². The van der Waals surface area contributed by atoms with Crippen LogP contribution in [0, 0.1) is 5.82 Å². The Balaban J connectivity index is 1.73. The van der Waals surface area contributed by atoms with Crippen molar-refractivity contribution in [1.29, 1.82) is 0 Å². The van der Waals surface area contributed by atoms with Gasteiger partial charge in [0.1, 0.15) is 0 Å². The summed E-state index contributed by atoms with van der Waals surface area (Å²) in [4.78, 5) is 22.6. The van der Waals surface area contributed by atoms with Crippen molar-refractivity contribution < 1.29 is 36.6 Å². The summed E-state index contributed by atoms with van der Waals surface area (Å²) in [5.74, 6) is -2.68. The third-order valence-electron chi connectivity index (χ3n) is 5.66. The largest absolute Gasteiger partial charge is 0.463 e. The van der Waals surface area contributed by atoms with Gasteiger partial charge in [0.05, 0.1) is 16.9 Å². The van der Waals surface area contributed by atoms with Crippen molar-refractivity contribution in [3.8, 4) is 16.9 Å². The summed E-state index contributed by atoms with van der Waals surface area (Å²) in [6, 6.07) is 12.2. The van der Waals surface area contributed by atoms with Crippen molar-refractivity contribution in [3.63, 3.8) is 0 Å². The minimum Gasteiger partial charge on any atom is -0.463 e. The molecule has 4 rings (SSSR count). The molecule has 0 saturated heterocycles. The highest BCUT2D eigenvalue weighted by molar-refractivity contribution is 7.26. The third-order valence-corrected chi connectivity index (χ3v) is 6.89. The van der Waals surface area contributed by atoms with Crippen molar-refractivity contribution in [2.45, 2.75) is 19.0 Å². The maximum atomic E-state index is 15.1. The van der Waals surface area contributed by atoms with Gasteiger partial charge in [0, 0.05) is 27.6 Å². The van der Waals surface area contributed by atoms with Crippen LogP contribution in [0.15, 0.2) is 73.8 Å². The van der Waals surface area contributed by atoms with Gasteiger partial charge in [-0.05, 0) is 41.7 Å². The van der Waals surface area contributed by atoms with Crippen molar-refractivity contribution >= 4 is 43.4 Å². The summed E-state index contributed by atoms with van der Waals surface area (Å²) < 4.78 is 67.8. The summed E-state index contributed by atoms with van der Waals surface area (Å²) in [7, 11) is 0. The predicted octanol–water partition coefficient (Wildman–Crippen LogP) is 7.63. The van der Waals surface area contributed by atoms with Crippen LogP contribution in [0.2, 0.25) is 0 Å². The Morgan fingerprint density at radius 3 is 2.19 bits per heavy atom. The van der Waals surface area contributed by atoms with E-state index >= 15 is 4.39 Å². The number of ether oxygens (including phenoxy) is 2. The molecule has 3 aromatic carbocycles. The first-order valence-electron chi connectivity index (χ1n) is 11.1. The van der Waals surface area contributed by atoms with Gasteiger partial charge in [-0.25, -0.2) is 14.0 Å². The smallest absolute Gasteiger partial charge is 0.418 e. The zero-order chi connectivity index (χ0) is 26.7. The van der Waals surface area contributed by atoms with Crippen molar-refractivity contribution in [2.75, 3.05) is 6.61 Å². The van der Waals surface area contributed by atoms with Crippen LogP contribution in [-0.2, 0) is 26.9 Å². The molecule has 4 aromatic rings. The Bertz CT molecular complexity index is 1520. The second kappa shape index (κ2) is 10.6. The van der Waals surface area contributed by atoms with Gasteiger partial charge < -0.3 is 9.47 Å². The summed E-state index contributed by atoms with van der Waals surface area (Å²) in [5.41, 5.74) is 0.337. The molecule has 0 bridgehead atoms. The fourth-order valence-corrected chi connectivity index (χ4v) is 5.26. The van der Waals surface area contributed by atoms with Crippen LogP contribution in [0.1, 0.15) is 17.5 Å². The van der Waals surface area contributed by atoms with E-state index in [0.717, 1.165) is 17.7 Å². The molecule has 0 spiro atoms. The van der Waals surface area contributed by atoms with Crippen LogP contribution >= 0.6 is 11.3 Å². The maximum Gasteiger partial charge on any atom is 0.418 e. The number of alkyl halides is 3. The molecule has 0 radical (unpaired) electrons. The fraction of sp³-hybridized carbons (Fsp3) is 0.143. The molecule has 0 saturated carbocycles. The number of hydrogen-bond donors (Lipinski definition) is 0. The highest BCUT2D eigenvalue weighted by atomic mass is 32.1. The molecular weight excluding hydrogens is 508 g/mol. The topological polar surface area (TPSA) is 52.6 Å². The first-order chi connectivity index (χ1) is 17.6. The molecule has 4 nitrogen and oxygen atoms in total. The van der Waals surface area contributed by atoms with Gasteiger partial charge in [0.15, 0.2) is 11.6 Å². The van der Waals surface area contributed by atoms with Gasteiger partial charge in [0.2, 0.25) is 0 Å². The summed E-state index contributed by atoms with van der Waals surface area (Å²) >= 11 is 0.660. The van der Waals surface area contributed by atoms with E-state index in [4.69, 9.17) is 9.47 Å². The van der Waals surface area contributed by atoms with Crippen LogP contribution < -0.4 is 4.74 Å². The molecule has 0 aliphatic heterocycles. The number of fused-ring (bicyclic) bond motifs is 3. The number of halogens is 4. The van der Waals surface area contributed by atoms with Gasteiger partial charge in [0.25, 0.3) is 0 Å². The second-order valence-corrected chi connectivity index (χ2v) is 9.04. The van der Waals surface area contributed by atoms with E-state index in [9.17, 15) is 22.8 Å². The highest BCUT2D eigenvalue weighted by Gasteiger charge is 2.37. The fourth-order valence-electron chi connectivity index (χ4n) is 3.96. The van der Waals surface area contributed by atoms with E-state index in [1.807, 2.05) is 0 Å². The quantitative estimate of drug-likeness (QED) is 0.0776. The van der Waals surface area contributed by atoms with Crippen LogP contribution in [-0.4, -0.2) is 18.5 Å². The van der Waals surface area contributed by atoms with Crippen LogP contribution in [0.3, 0.4) is 0 Å². The Labute approximate surface area is 213 Å². The molecule has 37 heavy (non-hydrogen) atoms. The van der Waals surface area contributed by atoms with E-state index in [1.54, 1.807) is 24.3 Å². The lowest BCUT2D eigenvalue weighted by molar-refractivity contribution is -0.138. The molecule has 0 atom stereocenters. The molecule has 1 heterocycles. The third kappa shape index (κ3) is 5.41. The molecule has 0 N–H and O–H groups in total. The number of esters is 2. The molecule has 0 aliphatic rings. The van der Waals surface area contributed by atoms with Crippen LogP contribution in [0.5, 0.6) is 5.75 Å². The predicted molar refractivity (Wildman–Crippen MR) is 135 cm³/mol. The van der Waals surface area contributed by atoms with Gasteiger partial charge in [-0.15, -0.1) is 11.3 Å². The first kappa shape index (κ1) is 26.1. The molecule has 1 aromatic heterocycles. The number of hydrogen-bond acceptors (Lipinski definition) is 5. The number of carbonyl (C=O) groups excluding carboxylic acids is 2. The van der Waals surface area contributed by atoms with Crippen LogP contribution in [0.4, 0.5) is 17.6 Å². The lowest BCUT2D eigenvalue weighted by Gasteiger charge is -2.15. The standard InChI is InChI=1S/C28H20F4O4S/c1-3-22(33)35-15-5-6-16-7-9-17(10-8-16)18-11-12-19-20-13-14-21(36-23(34)4-2)25(29)27(20)37-26(19)24(18)28(30,31)32/h3-4,7-14H,1-2,5-6,15H2. The molecule has 9 heteroatoms. The molecule has 190 valence electrons. The minimum absolute atomic E-state index is 0.0308. The van der Waals surface area contributed by atoms with E-state index in [-0.39, 0.29) is 32.7 Å². The maximum absolute atomic E-state index is 15.1. The van der Waals surface area contributed by atoms with Crippen LogP contribution in [0.25, 0.3) is 31.3 Å². The number of carbonyl (C=O) groups is 2. The van der Waals surface area contributed by atoms with Gasteiger partial charge in [-0.3, -0.25) is 0 Å². The van der Waals surface area contributed by atoms with Gasteiger partial charge in [-0.2, -0.15) is 13.2 Å². The minimum atomic E-state index is -4.71. The molecular formula is C28H20F4O4S. The number of thiophene rings is 1. The Kier molecular flexibility index (Phi) is 7.45. The summed E-state index contributed by atoms with van der Waals surface area (Å²) in [5, 5.41) is 0.544. The normalized spacial score (nSPS) is 11.5. The lowest BCUT2D eigenvalue weighted by Crippen LogP contribution is -2.07. The zero-order valence-corrected chi connectivity index (χ0v) is 20.2. The average Bonchev–Trinajstić information content (AvgIpc) is 3.26. The van der Waals surface area contributed by atoms with E-state index in [1.165, 1.54) is 24.3 Å². The van der Waals surface area contributed by atoms with E-state index < -0.39 is 29.5 Å². The number of rotatable bonds is 8. The van der Waals surface area contributed by atoms with Crippen molar-refractivity contribution in [2.24, 2.45) is 0 Å². The van der Waals surface area contributed by atoms with E-state index in [0.29, 0.717) is 35.1 Å². The number of benzene rings is 3. The average molecular weight is 529 g/mol. The summed E-state index contributed by atoms with van der Waals surface area (Å²) in [6.07, 6.45) is -1.64. The number of aryl methyl sites for hydroxylation is 1. The van der Waals surface area contributed by atoms with E-state index in [2.05, 4.69) is 13.2 Å². The van der Waals surface area contributed by atoms with Gasteiger partial charge in [-0.1, -0.05) is 49.6 Å². The molecule has 0 amide bonds. The second-order valence-electron chi connectivity index (χ2n) is 8.02. The SMILES string of the molecule is C=CC(=O)OCCCc1ccc(-c2ccc3c(sc4c(F)c(OC(=O)C=C)ccc43)c2C(F)(F)F)cc1. The first-order valence-corrected chi connectivity index (χ1v) is 11.9. The molecule has 0 aliphatic carbocycles. The Morgan fingerprint density at radius 1 is 0.892 bits per heavy atom. The molecule has 0 fully saturated rings. The Morgan fingerprint density at radius 2 is 1.54 bits per heavy atom. The summed E-state index contributed by atoms with van der Waals surface area (Å²) in [6.45, 7) is 6.78. The monoisotopic (exact) mass is 528 g/mol.